The third-order valence-corrected chi connectivity index (χ3v) is 6.25. The number of rotatable bonds is 11. The first-order chi connectivity index (χ1) is 12.3. The van der Waals surface area contributed by atoms with Crippen molar-refractivity contribution >= 4 is 15.9 Å². The highest BCUT2D eigenvalue weighted by molar-refractivity contribution is 7.89. The molecule has 0 bridgehead atoms. The van der Waals surface area contributed by atoms with E-state index in [-0.39, 0.29) is 10.8 Å². The zero-order valence-corrected chi connectivity index (χ0v) is 17.1. The first-order valence-electron chi connectivity index (χ1n) is 8.71. The lowest BCUT2D eigenvalue weighted by molar-refractivity contribution is 0.0626. The fourth-order valence-corrected chi connectivity index (χ4v) is 4.08. The Labute approximate surface area is 156 Å². The summed E-state index contributed by atoms with van der Waals surface area (Å²) in [5.74, 6) is -0.229. The van der Waals surface area contributed by atoms with E-state index in [1.165, 1.54) is 10.4 Å². The Hall–Kier alpha value is -1.48. The molecule has 0 N–H and O–H groups in total. The van der Waals surface area contributed by atoms with E-state index in [9.17, 15) is 13.2 Å². The molecule has 1 amide bonds. The van der Waals surface area contributed by atoms with E-state index in [1.807, 2.05) is 0 Å². The van der Waals surface area contributed by atoms with Crippen molar-refractivity contribution in [2.24, 2.45) is 0 Å². The SMILES string of the molecule is CCN(CC)S(=O)(=O)c1ccc(C)c(C(=O)N(CCOC)CCOC)c1. The smallest absolute Gasteiger partial charge is 0.254 e. The lowest BCUT2D eigenvalue weighted by atomic mass is 10.1. The number of ether oxygens (including phenoxy) is 2. The van der Waals surface area contributed by atoms with Gasteiger partial charge in [0.2, 0.25) is 10.0 Å². The van der Waals surface area contributed by atoms with Crippen LogP contribution in [0.4, 0.5) is 0 Å². The summed E-state index contributed by atoms with van der Waals surface area (Å²) in [6.07, 6.45) is 0. The summed E-state index contributed by atoms with van der Waals surface area (Å²) in [5.41, 5.74) is 1.11. The Kier molecular flexibility index (Phi) is 9.21. The maximum absolute atomic E-state index is 13.0. The molecule has 0 spiro atoms. The summed E-state index contributed by atoms with van der Waals surface area (Å²) in [5, 5.41) is 0. The predicted octanol–water partition coefficient (Wildman–Crippen LogP) is 1.76. The van der Waals surface area contributed by atoms with Gasteiger partial charge in [0, 0.05) is 46.0 Å². The molecule has 26 heavy (non-hydrogen) atoms. The van der Waals surface area contributed by atoms with Crippen LogP contribution in [0.5, 0.6) is 0 Å². The van der Waals surface area contributed by atoms with Gasteiger partial charge in [-0.3, -0.25) is 4.79 Å². The van der Waals surface area contributed by atoms with Crippen molar-refractivity contribution < 1.29 is 22.7 Å². The van der Waals surface area contributed by atoms with Crippen LogP contribution in [0.1, 0.15) is 29.8 Å². The Balaban J connectivity index is 3.24. The molecule has 0 radical (unpaired) electrons. The Morgan fingerprint density at radius 3 is 2.04 bits per heavy atom. The zero-order chi connectivity index (χ0) is 19.7. The van der Waals surface area contributed by atoms with E-state index in [2.05, 4.69) is 0 Å². The number of sulfonamides is 1. The molecule has 8 heteroatoms. The zero-order valence-electron chi connectivity index (χ0n) is 16.3. The van der Waals surface area contributed by atoms with Crippen LogP contribution in [-0.4, -0.2) is 77.1 Å². The summed E-state index contributed by atoms with van der Waals surface area (Å²) in [6, 6.07) is 4.70. The van der Waals surface area contributed by atoms with E-state index in [4.69, 9.17) is 9.47 Å². The average molecular weight is 387 g/mol. The van der Waals surface area contributed by atoms with Crippen molar-refractivity contribution in [1.82, 2.24) is 9.21 Å². The van der Waals surface area contributed by atoms with Gasteiger partial charge in [-0.05, 0) is 24.6 Å². The molecule has 0 aliphatic rings. The molecule has 0 heterocycles. The maximum Gasteiger partial charge on any atom is 0.254 e. The third kappa shape index (κ3) is 5.51. The number of amides is 1. The van der Waals surface area contributed by atoms with Crippen molar-refractivity contribution in [1.29, 1.82) is 0 Å². The van der Waals surface area contributed by atoms with Crippen LogP contribution < -0.4 is 0 Å². The molecule has 0 atom stereocenters. The normalized spacial score (nSPS) is 11.8. The maximum atomic E-state index is 13.0. The molecule has 0 aliphatic heterocycles. The van der Waals surface area contributed by atoms with Crippen molar-refractivity contribution in [2.45, 2.75) is 25.7 Å². The Bertz CT molecular complexity index is 679. The van der Waals surface area contributed by atoms with Crippen LogP contribution in [0.2, 0.25) is 0 Å². The summed E-state index contributed by atoms with van der Waals surface area (Å²) >= 11 is 0. The van der Waals surface area contributed by atoms with Gasteiger partial charge in [-0.15, -0.1) is 0 Å². The highest BCUT2D eigenvalue weighted by Crippen LogP contribution is 2.21. The van der Waals surface area contributed by atoms with Gasteiger partial charge in [-0.1, -0.05) is 19.9 Å². The second-order valence-corrected chi connectivity index (χ2v) is 7.78. The van der Waals surface area contributed by atoms with Gasteiger partial charge in [-0.25, -0.2) is 8.42 Å². The number of hydrogen-bond donors (Lipinski definition) is 0. The van der Waals surface area contributed by atoms with Gasteiger partial charge in [0.05, 0.1) is 18.1 Å². The van der Waals surface area contributed by atoms with Crippen molar-refractivity contribution in [3.63, 3.8) is 0 Å². The molecule has 1 aromatic rings. The lowest BCUT2D eigenvalue weighted by Gasteiger charge is -2.24. The van der Waals surface area contributed by atoms with Gasteiger partial charge in [-0.2, -0.15) is 4.31 Å². The van der Waals surface area contributed by atoms with Crippen LogP contribution in [0, 0.1) is 6.92 Å². The molecule has 0 saturated heterocycles. The van der Waals surface area contributed by atoms with E-state index < -0.39 is 10.0 Å². The van der Waals surface area contributed by atoms with Gasteiger partial charge < -0.3 is 14.4 Å². The summed E-state index contributed by atoms with van der Waals surface area (Å²) in [7, 11) is -0.478. The molecule has 0 fully saturated rings. The van der Waals surface area contributed by atoms with Gasteiger partial charge in [0.15, 0.2) is 0 Å². The summed E-state index contributed by atoms with van der Waals surface area (Å²) in [4.78, 5) is 14.7. The van der Waals surface area contributed by atoms with Crippen molar-refractivity contribution in [3.8, 4) is 0 Å². The van der Waals surface area contributed by atoms with Gasteiger partial charge in [0.25, 0.3) is 5.91 Å². The van der Waals surface area contributed by atoms with Crippen molar-refractivity contribution in [3.05, 3.63) is 29.3 Å². The number of nitrogens with zero attached hydrogens (tertiary/aromatic N) is 2. The minimum atomic E-state index is -3.62. The van der Waals surface area contributed by atoms with Crippen LogP contribution in [0.25, 0.3) is 0 Å². The van der Waals surface area contributed by atoms with Gasteiger partial charge >= 0.3 is 0 Å². The molecule has 0 aromatic heterocycles. The predicted molar refractivity (Wildman–Crippen MR) is 101 cm³/mol. The van der Waals surface area contributed by atoms with Crippen molar-refractivity contribution in [2.75, 3.05) is 53.6 Å². The molecule has 0 aliphatic carbocycles. The standard InChI is InChI=1S/C18H30N2O5S/c1-6-20(7-2)26(22,23)16-9-8-15(3)17(14-16)18(21)19(10-12-24-4)11-13-25-5/h8-9,14H,6-7,10-13H2,1-5H3. The quantitative estimate of drug-likeness (QED) is 0.579. The molecule has 148 valence electrons. The lowest BCUT2D eigenvalue weighted by Crippen LogP contribution is -2.37. The summed E-state index contributed by atoms with van der Waals surface area (Å²) < 4.78 is 37.0. The van der Waals surface area contributed by atoms with Crippen LogP contribution in [0.15, 0.2) is 23.1 Å². The number of methoxy groups -OCH3 is 2. The molecule has 0 unspecified atom stereocenters. The molecular formula is C18H30N2O5S. The number of hydrogen-bond acceptors (Lipinski definition) is 5. The minimum absolute atomic E-state index is 0.133. The first kappa shape index (κ1) is 22.6. The fraction of sp³-hybridized carbons (Fsp3) is 0.611. The number of carbonyl (C=O) groups excluding carboxylic acids is 1. The van der Waals surface area contributed by atoms with E-state index in [0.717, 1.165) is 5.56 Å². The highest BCUT2D eigenvalue weighted by Gasteiger charge is 2.25. The average Bonchev–Trinajstić information content (AvgIpc) is 2.62. The fourth-order valence-electron chi connectivity index (χ4n) is 2.59. The highest BCUT2D eigenvalue weighted by atomic mass is 32.2. The van der Waals surface area contributed by atoms with Crippen LogP contribution in [-0.2, 0) is 19.5 Å². The molecule has 1 aromatic carbocycles. The molecular weight excluding hydrogens is 356 g/mol. The topological polar surface area (TPSA) is 76.2 Å². The Morgan fingerprint density at radius 2 is 1.58 bits per heavy atom. The van der Waals surface area contributed by atoms with E-state index in [1.54, 1.807) is 52.0 Å². The monoisotopic (exact) mass is 386 g/mol. The van der Waals surface area contributed by atoms with E-state index in [0.29, 0.717) is 45.0 Å². The number of aryl methyl sites for hydroxylation is 1. The van der Waals surface area contributed by atoms with E-state index >= 15 is 0 Å². The first-order valence-corrected chi connectivity index (χ1v) is 10.1. The second-order valence-electron chi connectivity index (χ2n) is 5.84. The Morgan fingerprint density at radius 1 is 1.04 bits per heavy atom. The molecule has 0 saturated carbocycles. The minimum Gasteiger partial charge on any atom is -0.383 e. The largest absolute Gasteiger partial charge is 0.383 e. The van der Waals surface area contributed by atoms with Crippen LogP contribution >= 0.6 is 0 Å². The second kappa shape index (κ2) is 10.6. The third-order valence-electron chi connectivity index (χ3n) is 4.20. The molecule has 1 rings (SSSR count). The summed E-state index contributed by atoms with van der Waals surface area (Å²) in [6.45, 7) is 7.74. The van der Waals surface area contributed by atoms with Gasteiger partial charge in [0.1, 0.15) is 0 Å². The number of carbonyl (C=O) groups is 1. The number of benzene rings is 1. The van der Waals surface area contributed by atoms with Crippen LogP contribution in [0.3, 0.4) is 0 Å². The molecule has 7 nitrogen and oxygen atoms in total.